The van der Waals surface area contributed by atoms with Crippen LogP contribution in [0.5, 0.6) is 0 Å². The smallest absolute Gasteiger partial charge is 0.256 e. The van der Waals surface area contributed by atoms with Crippen LogP contribution in [0, 0.1) is 0 Å². The molecule has 0 bridgehead atoms. The first-order valence-corrected chi connectivity index (χ1v) is 6.96. The Hall–Kier alpha value is -1.61. The molecule has 0 atom stereocenters. The van der Waals surface area contributed by atoms with Gasteiger partial charge in [-0.05, 0) is 25.3 Å². The molecule has 1 saturated heterocycles. The molecule has 0 radical (unpaired) electrons. The van der Waals surface area contributed by atoms with E-state index in [4.69, 9.17) is 11.6 Å². The standard InChI is InChI=1S/C15H15ClN2O/c16-13-6-4-5-11-9-17-10-12(14(11)13)15(19)18-7-2-1-3-8-18/h4-6,9-10H,1-3,7-8H2. The van der Waals surface area contributed by atoms with Gasteiger partial charge in [-0.25, -0.2) is 0 Å². The van der Waals surface area contributed by atoms with E-state index in [-0.39, 0.29) is 5.91 Å². The lowest BCUT2D eigenvalue weighted by atomic mass is 10.0. The van der Waals surface area contributed by atoms with Crippen LogP contribution in [0.1, 0.15) is 29.6 Å². The SMILES string of the molecule is O=C(c1cncc2cccc(Cl)c12)N1CCCCC1. The van der Waals surface area contributed by atoms with Crippen LogP contribution in [0.3, 0.4) is 0 Å². The third-order valence-corrected chi connectivity index (χ3v) is 3.92. The molecule has 3 rings (SSSR count). The van der Waals surface area contributed by atoms with Crippen molar-refractivity contribution in [2.75, 3.05) is 13.1 Å². The largest absolute Gasteiger partial charge is 0.339 e. The summed E-state index contributed by atoms with van der Waals surface area (Å²) in [6, 6.07) is 5.62. The van der Waals surface area contributed by atoms with E-state index in [1.807, 2.05) is 23.1 Å². The van der Waals surface area contributed by atoms with E-state index in [2.05, 4.69) is 4.98 Å². The predicted octanol–water partition coefficient (Wildman–Crippen LogP) is 3.51. The minimum absolute atomic E-state index is 0.0471. The molecule has 19 heavy (non-hydrogen) atoms. The maximum atomic E-state index is 12.6. The van der Waals surface area contributed by atoms with E-state index in [1.165, 1.54) is 6.42 Å². The predicted molar refractivity (Wildman–Crippen MR) is 76.5 cm³/mol. The fourth-order valence-electron chi connectivity index (χ4n) is 2.62. The van der Waals surface area contributed by atoms with E-state index in [1.54, 1.807) is 12.4 Å². The molecule has 0 aliphatic carbocycles. The molecule has 1 amide bonds. The number of carbonyl (C=O) groups is 1. The van der Waals surface area contributed by atoms with E-state index in [0.717, 1.165) is 36.7 Å². The number of halogens is 1. The Morgan fingerprint density at radius 2 is 1.95 bits per heavy atom. The van der Waals surface area contributed by atoms with E-state index < -0.39 is 0 Å². The molecule has 2 heterocycles. The van der Waals surface area contributed by atoms with Crippen molar-refractivity contribution >= 4 is 28.3 Å². The van der Waals surface area contributed by atoms with E-state index >= 15 is 0 Å². The fourth-order valence-corrected chi connectivity index (χ4v) is 2.90. The van der Waals surface area contributed by atoms with Gasteiger partial charge in [0.2, 0.25) is 0 Å². The summed E-state index contributed by atoms with van der Waals surface area (Å²) in [6.45, 7) is 1.67. The molecule has 0 saturated carbocycles. The van der Waals surface area contributed by atoms with Crippen LogP contribution in [0.2, 0.25) is 5.02 Å². The molecule has 2 aromatic rings. The monoisotopic (exact) mass is 274 g/mol. The van der Waals surface area contributed by atoms with Gasteiger partial charge in [0, 0.05) is 41.3 Å². The second-order valence-electron chi connectivity index (χ2n) is 4.88. The summed E-state index contributed by atoms with van der Waals surface area (Å²) in [7, 11) is 0. The molecule has 1 aliphatic heterocycles. The molecule has 1 aliphatic rings. The Morgan fingerprint density at radius 1 is 1.16 bits per heavy atom. The zero-order chi connectivity index (χ0) is 13.2. The minimum Gasteiger partial charge on any atom is -0.339 e. The van der Waals surface area contributed by atoms with Crippen molar-refractivity contribution in [3.63, 3.8) is 0 Å². The number of benzene rings is 1. The topological polar surface area (TPSA) is 33.2 Å². The number of piperidine rings is 1. The second-order valence-corrected chi connectivity index (χ2v) is 5.29. The van der Waals surface area contributed by atoms with Gasteiger partial charge >= 0.3 is 0 Å². The van der Waals surface area contributed by atoms with Gasteiger partial charge in [-0.2, -0.15) is 0 Å². The van der Waals surface area contributed by atoms with Crippen molar-refractivity contribution in [3.05, 3.63) is 41.2 Å². The number of nitrogens with zero attached hydrogens (tertiary/aromatic N) is 2. The molecule has 98 valence electrons. The van der Waals surface area contributed by atoms with Crippen molar-refractivity contribution in [1.29, 1.82) is 0 Å². The molecule has 0 spiro atoms. The van der Waals surface area contributed by atoms with Crippen molar-refractivity contribution in [1.82, 2.24) is 9.88 Å². The first-order chi connectivity index (χ1) is 9.27. The van der Waals surface area contributed by atoms with Gasteiger partial charge in [-0.15, -0.1) is 0 Å². The van der Waals surface area contributed by atoms with Crippen molar-refractivity contribution in [3.8, 4) is 0 Å². The zero-order valence-electron chi connectivity index (χ0n) is 10.6. The quantitative estimate of drug-likeness (QED) is 0.797. The Balaban J connectivity index is 2.06. The van der Waals surface area contributed by atoms with Crippen LogP contribution < -0.4 is 0 Å². The minimum atomic E-state index is 0.0471. The van der Waals surface area contributed by atoms with Crippen LogP contribution in [0.25, 0.3) is 10.8 Å². The lowest BCUT2D eigenvalue weighted by molar-refractivity contribution is 0.0726. The van der Waals surface area contributed by atoms with E-state index in [9.17, 15) is 4.79 Å². The van der Waals surface area contributed by atoms with Crippen molar-refractivity contribution in [2.24, 2.45) is 0 Å². The number of aromatic nitrogens is 1. The Labute approximate surface area is 117 Å². The normalized spacial score (nSPS) is 15.7. The van der Waals surface area contributed by atoms with Crippen molar-refractivity contribution in [2.45, 2.75) is 19.3 Å². The van der Waals surface area contributed by atoms with Crippen LogP contribution in [-0.4, -0.2) is 28.9 Å². The summed E-state index contributed by atoms with van der Waals surface area (Å²) in [5.74, 6) is 0.0471. The molecule has 1 aromatic heterocycles. The highest BCUT2D eigenvalue weighted by Crippen LogP contribution is 2.27. The molecule has 1 fully saturated rings. The van der Waals surface area contributed by atoms with Gasteiger partial charge in [0.15, 0.2) is 0 Å². The van der Waals surface area contributed by atoms with Gasteiger partial charge in [-0.3, -0.25) is 9.78 Å². The third-order valence-electron chi connectivity index (χ3n) is 3.61. The molecule has 3 nitrogen and oxygen atoms in total. The average molecular weight is 275 g/mol. The maximum absolute atomic E-state index is 12.6. The highest BCUT2D eigenvalue weighted by Gasteiger charge is 2.21. The van der Waals surface area contributed by atoms with Gasteiger partial charge in [-0.1, -0.05) is 23.7 Å². The lowest BCUT2D eigenvalue weighted by Gasteiger charge is -2.27. The van der Waals surface area contributed by atoms with Gasteiger partial charge in [0.1, 0.15) is 0 Å². The number of hydrogen-bond acceptors (Lipinski definition) is 2. The first-order valence-electron chi connectivity index (χ1n) is 6.59. The second kappa shape index (κ2) is 5.17. The Kier molecular flexibility index (Phi) is 3.38. The van der Waals surface area contributed by atoms with Gasteiger partial charge in [0.05, 0.1) is 5.56 Å². The Morgan fingerprint density at radius 3 is 2.74 bits per heavy atom. The fraction of sp³-hybridized carbons (Fsp3) is 0.333. The number of amides is 1. The van der Waals surface area contributed by atoms with Crippen LogP contribution in [0.4, 0.5) is 0 Å². The zero-order valence-corrected chi connectivity index (χ0v) is 11.4. The number of hydrogen-bond donors (Lipinski definition) is 0. The van der Waals surface area contributed by atoms with Crippen LogP contribution in [-0.2, 0) is 0 Å². The van der Waals surface area contributed by atoms with Crippen LogP contribution >= 0.6 is 11.6 Å². The molecular weight excluding hydrogens is 260 g/mol. The summed E-state index contributed by atoms with van der Waals surface area (Å²) in [6.07, 6.45) is 6.74. The summed E-state index contributed by atoms with van der Waals surface area (Å²) in [5.41, 5.74) is 0.616. The lowest BCUT2D eigenvalue weighted by Crippen LogP contribution is -2.35. The van der Waals surface area contributed by atoms with E-state index in [0.29, 0.717) is 10.6 Å². The molecular formula is C15H15ClN2O. The molecule has 4 heteroatoms. The number of fused-ring (bicyclic) bond motifs is 1. The average Bonchev–Trinajstić information content (AvgIpc) is 2.47. The summed E-state index contributed by atoms with van der Waals surface area (Å²) < 4.78 is 0. The number of rotatable bonds is 1. The summed E-state index contributed by atoms with van der Waals surface area (Å²) >= 11 is 6.25. The molecule has 1 aromatic carbocycles. The molecule has 0 unspecified atom stereocenters. The Bertz CT molecular complexity index is 615. The number of carbonyl (C=O) groups excluding carboxylic acids is 1. The highest BCUT2D eigenvalue weighted by atomic mass is 35.5. The van der Waals surface area contributed by atoms with Crippen molar-refractivity contribution < 1.29 is 4.79 Å². The third kappa shape index (κ3) is 2.30. The molecule has 0 N–H and O–H groups in total. The maximum Gasteiger partial charge on any atom is 0.256 e. The summed E-state index contributed by atoms with van der Waals surface area (Å²) in [4.78, 5) is 18.7. The highest BCUT2D eigenvalue weighted by molar-refractivity contribution is 6.36. The number of pyridine rings is 1. The van der Waals surface area contributed by atoms with Gasteiger partial charge in [0.25, 0.3) is 5.91 Å². The van der Waals surface area contributed by atoms with Gasteiger partial charge < -0.3 is 4.90 Å². The number of likely N-dealkylation sites (tertiary alicyclic amines) is 1. The van der Waals surface area contributed by atoms with Crippen LogP contribution in [0.15, 0.2) is 30.6 Å². The first kappa shape index (κ1) is 12.4. The summed E-state index contributed by atoms with van der Waals surface area (Å²) in [5, 5.41) is 2.34.